The van der Waals surface area contributed by atoms with Crippen molar-refractivity contribution in [1.82, 2.24) is 0 Å². The first kappa shape index (κ1) is 10.5. The van der Waals surface area contributed by atoms with Crippen molar-refractivity contribution < 1.29 is 17.3 Å². The van der Waals surface area contributed by atoms with Gasteiger partial charge in [-0.2, -0.15) is 8.42 Å². The molecule has 0 N–H and O–H groups in total. The summed E-state index contributed by atoms with van der Waals surface area (Å²) >= 11 is 0. The lowest BCUT2D eigenvalue weighted by Gasteiger charge is -1.87. The number of rotatable bonds is 0. The van der Waals surface area contributed by atoms with E-state index in [1.807, 2.05) is 0 Å². The summed E-state index contributed by atoms with van der Waals surface area (Å²) in [5.74, 6) is 1.16. The second-order valence-corrected chi connectivity index (χ2v) is 4.69. The van der Waals surface area contributed by atoms with Gasteiger partial charge in [0.25, 0.3) is 10.1 Å². The molecule has 0 aromatic heterocycles. The minimum absolute atomic E-state index is 0.201. The van der Waals surface area contributed by atoms with Crippen LogP contribution in [0.3, 0.4) is 0 Å². The Morgan fingerprint density at radius 2 is 2.00 bits per heavy atom. The number of hydrogen-bond acceptors (Lipinski definition) is 4. The van der Waals surface area contributed by atoms with Crippen LogP contribution in [-0.4, -0.2) is 27.4 Å². The molecule has 2 rings (SSSR count). The maximum atomic E-state index is 10.2. The molecule has 4 nitrogen and oxygen atoms in total. The molecule has 0 amide bonds. The predicted molar refractivity (Wildman–Crippen MR) is 48.7 cm³/mol. The molecular formula is C8H14O4S. The number of ether oxygens (including phenoxy) is 1. The molecule has 2 fully saturated rings. The smallest absolute Gasteiger partial charge is 0.267 e. The Kier molecular flexibility index (Phi) is 3.74. The van der Waals surface area contributed by atoms with Crippen molar-refractivity contribution in [2.45, 2.75) is 19.3 Å². The van der Waals surface area contributed by atoms with Gasteiger partial charge in [0, 0.05) is 6.42 Å². The summed E-state index contributed by atoms with van der Waals surface area (Å²) in [4.78, 5) is 0. The summed E-state index contributed by atoms with van der Waals surface area (Å²) in [6.45, 7) is 4.90. The Morgan fingerprint density at radius 3 is 2.15 bits per heavy atom. The normalized spacial score (nSPS) is 24.8. The van der Waals surface area contributed by atoms with E-state index < -0.39 is 10.1 Å². The molecule has 0 aromatic carbocycles. The predicted octanol–water partition coefficient (Wildman–Crippen LogP) is 1.05. The number of hydrogen-bond donors (Lipinski definition) is 0. The zero-order valence-electron chi connectivity index (χ0n) is 7.49. The van der Waals surface area contributed by atoms with E-state index in [1.165, 1.54) is 6.42 Å². The third-order valence-corrected chi connectivity index (χ3v) is 3.02. The van der Waals surface area contributed by atoms with Crippen LogP contribution in [0.25, 0.3) is 0 Å². The van der Waals surface area contributed by atoms with Gasteiger partial charge in [0.15, 0.2) is 0 Å². The van der Waals surface area contributed by atoms with Gasteiger partial charge < -0.3 is 4.74 Å². The summed E-state index contributed by atoms with van der Waals surface area (Å²) in [7, 11) is -3.05. The van der Waals surface area contributed by atoms with E-state index in [9.17, 15) is 8.42 Å². The van der Waals surface area contributed by atoms with E-state index >= 15 is 0 Å². The van der Waals surface area contributed by atoms with E-state index in [0.29, 0.717) is 13.0 Å². The molecule has 2 heterocycles. The molecule has 0 saturated carbocycles. The highest BCUT2D eigenvalue weighted by Crippen LogP contribution is 2.11. The lowest BCUT2D eigenvalue weighted by atomic mass is 10.3. The van der Waals surface area contributed by atoms with Crippen molar-refractivity contribution >= 4 is 10.1 Å². The van der Waals surface area contributed by atoms with Crippen LogP contribution in [0.4, 0.5) is 0 Å². The molecule has 5 heteroatoms. The van der Waals surface area contributed by atoms with Crippen LogP contribution in [-0.2, 0) is 19.0 Å². The molecule has 2 saturated heterocycles. The van der Waals surface area contributed by atoms with E-state index in [-0.39, 0.29) is 5.75 Å². The van der Waals surface area contributed by atoms with E-state index in [1.54, 1.807) is 0 Å². The third kappa shape index (κ3) is 4.28. The van der Waals surface area contributed by atoms with Crippen molar-refractivity contribution in [3.8, 4) is 0 Å². The summed E-state index contributed by atoms with van der Waals surface area (Å²) in [5.41, 5.74) is 0. The van der Waals surface area contributed by atoms with Crippen molar-refractivity contribution in [3.05, 3.63) is 12.3 Å². The fourth-order valence-corrected chi connectivity index (χ4v) is 2.00. The zero-order chi connectivity index (χ0) is 9.73. The van der Waals surface area contributed by atoms with Crippen LogP contribution in [0.5, 0.6) is 0 Å². The first-order valence-corrected chi connectivity index (χ1v) is 5.85. The Labute approximate surface area is 78.7 Å². The van der Waals surface area contributed by atoms with Crippen LogP contribution in [0.1, 0.15) is 19.3 Å². The summed E-state index contributed by atoms with van der Waals surface area (Å²) in [6, 6.07) is 0. The highest BCUT2D eigenvalue weighted by atomic mass is 32.2. The second kappa shape index (κ2) is 4.62. The third-order valence-electron chi connectivity index (χ3n) is 1.71. The van der Waals surface area contributed by atoms with Crippen LogP contribution in [0, 0.1) is 0 Å². The molecule has 0 atom stereocenters. The van der Waals surface area contributed by atoms with Gasteiger partial charge in [-0.3, -0.25) is 4.18 Å². The molecule has 0 aliphatic carbocycles. The lowest BCUT2D eigenvalue weighted by molar-refractivity contribution is 0.265. The monoisotopic (exact) mass is 206 g/mol. The molecule has 0 radical (unpaired) electrons. The van der Waals surface area contributed by atoms with Crippen LogP contribution in [0.2, 0.25) is 0 Å². The Morgan fingerprint density at radius 1 is 1.23 bits per heavy atom. The first-order valence-electron chi connectivity index (χ1n) is 4.28. The maximum Gasteiger partial charge on any atom is 0.267 e. The molecule has 2 aliphatic rings. The maximum absolute atomic E-state index is 10.2. The summed E-state index contributed by atoms with van der Waals surface area (Å²) < 4.78 is 29.7. The Balaban J connectivity index is 0.000000132. The van der Waals surface area contributed by atoms with Crippen LogP contribution in [0.15, 0.2) is 12.3 Å². The summed E-state index contributed by atoms with van der Waals surface area (Å²) in [5, 5.41) is 0. The van der Waals surface area contributed by atoms with E-state index in [0.717, 1.165) is 18.8 Å². The van der Waals surface area contributed by atoms with Gasteiger partial charge in [-0.15, -0.1) is 0 Å². The molecule has 0 bridgehead atoms. The molecule has 76 valence electrons. The topological polar surface area (TPSA) is 52.6 Å². The van der Waals surface area contributed by atoms with Crippen LogP contribution >= 0.6 is 0 Å². The SMILES string of the molecule is C=C1CCCO1.O=S1(=O)CCCO1. The fraction of sp³-hybridized carbons (Fsp3) is 0.750. The minimum Gasteiger partial charge on any atom is -0.499 e. The van der Waals surface area contributed by atoms with Gasteiger partial charge >= 0.3 is 0 Å². The van der Waals surface area contributed by atoms with Crippen molar-refractivity contribution in [1.29, 1.82) is 0 Å². The minimum atomic E-state index is -3.05. The second-order valence-electron chi connectivity index (χ2n) is 2.93. The Bertz CT molecular complexity index is 248. The quantitative estimate of drug-likeness (QED) is 0.556. The largest absolute Gasteiger partial charge is 0.499 e. The molecule has 0 aromatic rings. The fourth-order valence-electron chi connectivity index (χ4n) is 1.04. The van der Waals surface area contributed by atoms with Gasteiger partial charge in [-0.05, 0) is 12.8 Å². The average molecular weight is 206 g/mol. The van der Waals surface area contributed by atoms with Crippen molar-refractivity contribution in [2.75, 3.05) is 19.0 Å². The van der Waals surface area contributed by atoms with Gasteiger partial charge in [-0.25, -0.2) is 0 Å². The highest BCUT2D eigenvalue weighted by Gasteiger charge is 2.16. The van der Waals surface area contributed by atoms with Crippen molar-refractivity contribution in [2.24, 2.45) is 0 Å². The van der Waals surface area contributed by atoms with Gasteiger partial charge in [-0.1, -0.05) is 6.58 Å². The first-order chi connectivity index (χ1) is 6.10. The highest BCUT2D eigenvalue weighted by molar-refractivity contribution is 7.86. The Hall–Kier alpha value is -0.550. The van der Waals surface area contributed by atoms with Crippen LogP contribution < -0.4 is 0 Å². The average Bonchev–Trinajstić information content (AvgIpc) is 2.62. The van der Waals surface area contributed by atoms with E-state index in [4.69, 9.17) is 4.74 Å². The molecule has 0 unspecified atom stereocenters. The molecule has 0 spiro atoms. The van der Waals surface area contributed by atoms with Gasteiger partial charge in [0.05, 0.1) is 24.7 Å². The zero-order valence-corrected chi connectivity index (χ0v) is 8.31. The lowest BCUT2D eigenvalue weighted by Crippen LogP contribution is -1.96. The van der Waals surface area contributed by atoms with Crippen molar-refractivity contribution in [3.63, 3.8) is 0 Å². The molecule has 2 aliphatic heterocycles. The molecular weight excluding hydrogens is 192 g/mol. The standard InChI is InChI=1S/C5H8O.C3H6O3S/c1-5-3-2-4-6-5;4-7(5)3-1-2-6-7/h1-4H2;1-3H2. The number of allylic oxidation sites excluding steroid dienone is 1. The van der Waals surface area contributed by atoms with Gasteiger partial charge in [0.2, 0.25) is 0 Å². The van der Waals surface area contributed by atoms with E-state index in [2.05, 4.69) is 10.8 Å². The summed E-state index contributed by atoms with van der Waals surface area (Å²) in [6.07, 6.45) is 2.89. The van der Waals surface area contributed by atoms with Gasteiger partial charge in [0.1, 0.15) is 0 Å². The molecule has 13 heavy (non-hydrogen) atoms.